The van der Waals surface area contributed by atoms with Crippen LogP contribution in [0.3, 0.4) is 0 Å². The van der Waals surface area contributed by atoms with Crippen LogP contribution in [0.1, 0.15) is 25.5 Å². The van der Waals surface area contributed by atoms with E-state index in [1.807, 2.05) is 41.2 Å². The van der Waals surface area contributed by atoms with Crippen LogP contribution in [0.4, 0.5) is 0 Å². The van der Waals surface area contributed by atoms with Gasteiger partial charge in [-0.2, -0.15) is 5.10 Å². The number of aromatic nitrogens is 4. The summed E-state index contributed by atoms with van der Waals surface area (Å²) in [5.41, 5.74) is 4.92. The number of hydrogen-bond acceptors (Lipinski definition) is 4. The van der Waals surface area contributed by atoms with E-state index in [4.69, 9.17) is 9.84 Å². The Morgan fingerprint density at radius 1 is 1.04 bits per heavy atom. The Kier molecular flexibility index (Phi) is 4.66. The van der Waals surface area contributed by atoms with Gasteiger partial charge in [-0.1, -0.05) is 46.3 Å². The monoisotopic (exact) mass is 434 g/mol. The third-order valence-electron chi connectivity index (χ3n) is 5.13. The molecule has 1 atom stereocenters. The Balaban J connectivity index is 1.76. The van der Waals surface area contributed by atoms with Crippen molar-refractivity contribution in [1.82, 2.24) is 19.7 Å². The first-order valence-corrected chi connectivity index (χ1v) is 10.3. The van der Waals surface area contributed by atoms with E-state index in [0.717, 1.165) is 63.8 Å². The van der Waals surface area contributed by atoms with Gasteiger partial charge in [0.05, 0.1) is 17.4 Å². The molecular weight excluding hydrogens is 416 g/mol. The van der Waals surface area contributed by atoms with Gasteiger partial charge in [0.15, 0.2) is 6.23 Å². The molecule has 0 aliphatic carbocycles. The van der Waals surface area contributed by atoms with Crippen molar-refractivity contribution < 1.29 is 4.74 Å². The fourth-order valence-corrected chi connectivity index (χ4v) is 4.13. The van der Waals surface area contributed by atoms with Gasteiger partial charge in [-0.25, -0.2) is 14.6 Å². The second-order valence-corrected chi connectivity index (χ2v) is 7.84. The van der Waals surface area contributed by atoms with Crippen molar-refractivity contribution in [3.63, 3.8) is 0 Å². The summed E-state index contributed by atoms with van der Waals surface area (Å²) in [7, 11) is 0. The fraction of sp³-hybridized carbons (Fsp3) is 0.227. The average molecular weight is 435 g/mol. The third-order valence-corrected chi connectivity index (χ3v) is 5.62. The van der Waals surface area contributed by atoms with Crippen molar-refractivity contribution in [2.75, 3.05) is 6.61 Å². The van der Waals surface area contributed by atoms with Gasteiger partial charge in [0, 0.05) is 22.0 Å². The first-order valence-electron chi connectivity index (χ1n) is 9.46. The zero-order valence-electron chi connectivity index (χ0n) is 15.3. The molecule has 6 heteroatoms. The molecule has 3 heterocycles. The van der Waals surface area contributed by atoms with Gasteiger partial charge < -0.3 is 4.74 Å². The number of halogens is 1. The number of rotatable bonds is 3. The number of benzene rings is 2. The number of nitrogens with zero attached hydrogens (tertiary/aromatic N) is 4. The van der Waals surface area contributed by atoms with Crippen LogP contribution < -0.4 is 0 Å². The molecule has 1 aliphatic heterocycles. The molecule has 0 bridgehead atoms. The maximum absolute atomic E-state index is 6.06. The van der Waals surface area contributed by atoms with Crippen LogP contribution in [0.15, 0.2) is 65.5 Å². The Morgan fingerprint density at radius 3 is 2.75 bits per heavy atom. The lowest BCUT2D eigenvalue weighted by atomic mass is 10.0. The first kappa shape index (κ1) is 17.5. The summed E-state index contributed by atoms with van der Waals surface area (Å²) in [5.74, 6) is 0. The molecule has 0 radical (unpaired) electrons. The van der Waals surface area contributed by atoms with Crippen molar-refractivity contribution in [3.8, 4) is 22.5 Å². The summed E-state index contributed by atoms with van der Waals surface area (Å²) in [5, 5.41) is 5.74. The molecule has 0 spiro atoms. The van der Waals surface area contributed by atoms with Crippen molar-refractivity contribution in [3.05, 3.63) is 65.5 Å². The Labute approximate surface area is 171 Å². The van der Waals surface area contributed by atoms with Crippen LogP contribution in [0.2, 0.25) is 0 Å². The number of hydrogen-bond donors (Lipinski definition) is 0. The van der Waals surface area contributed by atoms with E-state index in [-0.39, 0.29) is 6.23 Å². The number of fused-ring (bicyclic) bond motifs is 1. The quantitative estimate of drug-likeness (QED) is 0.419. The highest BCUT2D eigenvalue weighted by molar-refractivity contribution is 9.10. The molecule has 1 saturated heterocycles. The second kappa shape index (κ2) is 7.45. The molecule has 5 nitrogen and oxygen atoms in total. The Morgan fingerprint density at radius 2 is 1.93 bits per heavy atom. The van der Waals surface area contributed by atoms with Crippen LogP contribution in [0.5, 0.6) is 0 Å². The van der Waals surface area contributed by atoms with Crippen molar-refractivity contribution in [2.24, 2.45) is 0 Å². The van der Waals surface area contributed by atoms with Crippen molar-refractivity contribution in [2.45, 2.75) is 25.5 Å². The summed E-state index contributed by atoms with van der Waals surface area (Å²) >= 11 is 3.54. The zero-order valence-corrected chi connectivity index (χ0v) is 16.8. The summed E-state index contributed by atoms with van der Waals surface area (Å²) in [6, 6.07) is 16.4. The molecule has 2 aromatic carbocycles. The van der Waals surface area contributed by atoms with E-state index in [1.165, 1.54) is 0 Å². The van der Waals surface area contributed by atoms with E-state index in [1.54, 1.807) is 6.33 Å². The van der Waals surface area contributed by atoms with E-state index >= 15 is 0 Å². The Bertz CT molecular complexity index is 1120. The lowest BCUT2D eigenvalue weighted by molar-refractivity contribution is -0.0383. The maximum Gasteiger partial charge on any atom is 0.150 e. The van der Waals surface area contributed by atoms with Gasteiger partial charge in [0.1, 0.15) is 12.0 Å². The predicted octanol–water partition coefficient (Wildman–Crippen LogP) is 5.62. The smallest absolute Gasteiger partial charge is 0.150 e. The molecule has 1 fully saturated rings. The normalized spacial score (nSPS) is 17.1. The van der Waals surface area contributed by atoms with Gasteiger partial charge in [-0.3, -0.25) is 0 Å². The molecule has 28 heavy (non-hydrogen) atoms. The van der Waals surface area contributed by atoms with Crippen LogP contribution in [-0.2, 0) is 4.74 Å². The highest BCUT2D eigenvalue weighted by Gasteiger charge is 2.25. The molecule has 0 saturated carbocycles. The maximum atomic E-state index is 6.06. The summed E-state index contributed by atoms with van der Waals surface area (Å²) in [6.45, 7) is 0.766. The van der Waals surface area contributed by atoms with Gasteiger partial charge in [0.25, 0.3) is 0 Å². The second-order valence-electron chi connectivity index (χ2n) is 6.92. The molecule has 1 unspecified atom stereocenters. The fourth-order valence-electron chi connectivity index (χ4n) is 3.78. The minimum absolute atomic E-state index is 0.0679. The summed E-state index contributed by atoms with van der Waals surface area (Å²) in [6.07, 6.45) is 6.68. The van der Waals surface area contributed by atoms with Crippen molar-refractivity contribution >= 4 is 26.8 Å². The zero-order chi connectivity index (χ0) is 18.9. The minimum Gasteiger partial charge on any atom is -0.356 e. The van der Waals surface area contributed by atoms with Crippen LogP contribution in [0, 0.1) is 0 Å². The highest BCUT2D eigenvalue weighted by atomic mass is 79.9. The van der Waals surface area contributed by atoms with Gasteiger partial charge in [-0.05, 0) is 43.0 Å². The van der Waals surface area contributed by atoms with E-state index in [9.17, 15) is 0 Å². The summed E-state index contributed by atoms with van der Waals surface area (Å²) in [4.78, 5) is 9.13. The highest BCUT2D eigenvalue weighted by Crippen LogP contribution is 2.38. The standard InChI is InChI=1S/C22H19BrN4O/c23-16-9-10-17-19(12-16)24-14-25-21(17)22-18(15-6-2-1-3-7-15)13-26-27(22)20-8-4-5-11-28-20/h1-3,6-7,9-10,12-14,20H,4-5,8,11H2. The lowest BCUT2D eigenvalue weighted by Crippen LogP contribution is -2.20. The van der Waals surface area contributed by atoms with E-state index in [2.05, 4.69) is 44.1 Å². The van der Waals surface area contributed by atoms with Crippen LogP contribution >= 0.6 is 15.9 Å². The third kappa shape index (κ3) is 3.12. The van der Waals surface area contributed by atoms with E-state index in [0.29, 0.717) is 0 Å². The van der Waals surface area contributed by atoms with Gasteiger partial charge >= 0.3 is 0 Å². The molecule has 4 aromatic rings. The molecule has 0 N–H and O–H groups in total. The number of ether oxygens (including phenoxy) is 1. The SMILES string of the molecule is Brc1ccc2c(-c3c(-c4ccccc4)cnn3C3CCCCO3)ncnc2c1. The topological polar surface area (TPSA) is 52.8 Å². The summed E-state index contributed by atoms with van der Waals surface area (Å²) < 4.78 is 9.06. The minimum atomic E-state index is -0.0679. The Hall–Kier alpha value is -2.57. The molecule has 140 valence electrons. The average Bonchev–Trinajstić information content (AvgIpc) is 3.19. The van der Waals surface area contributed by atoms with Gasteiger partial charge in [0.2, 0.25) is 0 Å². The van der Waals surface area contributed by atoms with Gasteiger partial charge in [-0.15, -0.1) is 0 Å². The van der Waals surface area contributed by atoms with E-state index < -0.39 is 0 Å². The van der Waals surface area contributed by atoms with Crippen molar-refractivity contribution in [1.29, 1.82) is 0 Å². The first-order chi connectivity index (χ1) is 13.8. The predicted molar refractivity (Wildman–Crippen MR) is 113 cm³/mol. The lowest BCUT2D eigenvalue weighted by Gasteiger charge is -2.25. The molecule has 0 amide bonds. The molecular formula is C22H19BrN4O. The molecule has 1 aliphatic rings. The van der Waals surface area contributed by atoms with Crippen LogP contribution in [-0.4, -0.2) is 26.4 Å². The largest absolute Gasteiger partial charge is 0.356 e. The van der Waals surface area contributed by atoms with Crippen LogP contribution in [0.25, 0.3) is 33.4 Å². The molecule has 2 aromatic heterocycles. The molecule has 5 rings (SSSR count).